The fourth-order valence-electron chi connectivity index (χ4n) is 9.18. The lowest BCUT2D eigenvalue weighted by Crippen LogP contribution is -1.95. The predicted octanol–water partition coefficient (Wildman–Crippen LogP) is 13.5. The molecule has 0 bridgehead atoms. The number of nitrogens with zero attached hydrogens (tertiary/aromatic N) is 2. The van der Waals surface area contributed by atoms with Crippen LogP contribution < -0.4 is 0 Å². The first-order valence-corrected chi connectivity index (χ1v) is 18.0. The smallest absolute Gasteiger partial charge is 0.0541 e. The Morgan fingerprint density at radius 2 is 0.808 bits per heavy atom. The van der Waals surface area contributed by atoms with E-state index < -0.39 is 0 Å². The summed E-state index contributed by atoms with van der Waals surface area (Å²) in [6, 6.07) is 67.3. The van der Waals surface area contributed by atoms with E-state index in [1.54, 1.807) is 0 Å². The minimum atomic E-state index is 1.19. The highest BCUT2D eigenvalue weighted by Gasteiger charge is 2.23. The third-order valence-corrected chi connectivity index (χ3v) is 11.4. The van der Waals surface area contributed by atoms with Crippen molar-refractivity contribution < 1.29 is 0 Å². The maximum atomic E-state index is 2.46. The van der Waals surface area contributed by atoms with Crippen molar-refractivity contribution in [1.82, 2.24) is 9.13 Å². The van der Waals surface area contributed by atoms with Crippen molar-refractivity contribution in [3.8, 4) is 44.8 Å². The monoisotopic (exact) mass is 658 g/mol. The van der Waals surface area contributed by atoms with E-state index in [9.17, 15) is 0 Å². The van der Waals surface area contributed by atoms with Crippen LogP contribution in [0.4, 0.5) is 0 Å². The number of aromatic nitrogens is 2. The molecule has 0 radical (unpaired) electrons. The molecule has 2 heterocycles. The average molecular weight is 659 g/mol. The normalized spacial score (nSPS) is 12.2. The molecule has 2 aromatic heterocycles. The minimum absolute atomic E-state index is 1.19. The van der Waals surface area contributed by atoms with Crippen LogP contribution in [0.15, 0.2) is 182 Å². The quantitative estimate of drug-likeness (QED) is 0.179. The van der Waals surface area contributed by atoms with Gasteiger partial charge in [-0.2, -0.15) is 0 Å². The molecule has 0 saturated heterocycles. The lowest BCUT2D eigenvalue weighted by atomic mass is 10.0. The minimum Gasteiger partial charge on any atom is -0.309 e. The maximum Gasteiger partial charge on any atom is 0.0541 e. The summed E-state index contributed by atoms with van der Waals surface area (Å²) in [5, 5.41) is 10.2. The molecular weight excluding hydrogens is 629 g/mol. The summed E-state index contributed by atoms with van der Waals surface area (Å²) in [7, 11) is 0. The van der Waals surface area contributed by atoms with Crippen molar-refractivity contribution in [1.29, 1.82) is 0 Å². The first-order valence-electron chi connectivity index (χ1n) is 18.0. The van der Waals surface area contributed by atoms with Gasteiger partial charge in [-0.3, -0.25) is 0 Å². The maximum absolute atomic E-state index is 2.46. The second-order valence-electron chi connectivity index (χ2n) is 14.1. The molecule has 52 heavy (non-hydrogen) atoms. The van der Waals surface area contributed by atoms with Gasteiger partial charge in [0.05, 0.1) is 27.8 Å². The van der Waals surface area contributed by atoms with Gasteiger partial charge in [0.2, 0.25) is 0 Å². The Morgan fingerprint density at radius 3 is 1.56 bits per heavy atom. The summed E-state index contributed by atoms with van der Waals surface area (Å²) in [6.45, 7) is 0. The molecule has 2 heteroatoms. The van der Waals surface area contributed by atoms with E-state index in [-0.39, 0.29) is 0 Å². The second kappa shape index (κ2) is 10.3. The van der Waals surface area contributed by atoms with Gasteiger partial charge in [-0.1, -0.05) is 127 Å². The van der Waals surface area contributed by atoms with Crippen LogP contribution in [0.2, 0.25) is 0 Å². The Labute approximate surface area is 300 Å². The van der Waals surface area contributed by atoms with Crippen LogP contribution in [0.3, 0.4) is 0 Å². The Hall–Kier alpha value is -6.90. The standard InChI is InChI=1S/C50H30N2/c1-2-14-36-31(11-1)12-10-22-45(36)52-47-21-8-6-18-40(47)43-29-33(24-26-49(43)52)32-23-25-48-42(28-32)39-17-5-7-20-46(39)51(48)35-27-34-13-9-19-41-37-15-3-4-16-38(37)44(30-35)50(34)41/h1-30H. The average Bonchev–Trinajstić information content (AvgIpc) is 3.84. The highest BCUT2D eigenvalue weighted by molar-refractivity contribution is 6.17. The van der Waals surface area contributed by atoms with Crippen LogP contribution in [0.1, 0.15) is 0 Å². The van der Waals surface area contributed by atoms with Crippen molar-refractivity contribution in [2.45, 2.75) is 0 Å². The summed E-state index contributed by atoms with van der Waals surface area (Å²) < 4.78 is 4.89. The number of fused-ring (bicyclic) bond motifs is 10. The van der Waals surface area contributed by atoms with Crippen LogP contribution in [0, 0.1) is 0 Å². The molecule has 0 saturated carbocycles. The van der Waals surface area contributed by atoms with Crippen molar-refractivity contribution in [2.75, 3.05) is 0 Å². The number of benzene rings is 9. The lowest BCUT2D eigenvalue weighted by molar-refractivity contribution is 1.19. The number of para-hydroxylation sites is 2. The molecule has 240 valence electrons. The summed E-state index contributed by atoms with van der Waals surface area (Å²) >= 11 is 0. The van der Waals surface area contributed by atoms with E-state index in [0.29, 0.717) is 0 Å². The van der Waals surface area contributed by atoms with E-state index in [1.807, 2.05) is 0 Å². The Morgan fingerprint density at radius 1 is 0.288 bits per heavy atom. The largest absolute Gasteiger partial charge is 0.309 e. The third-order valence-electron chi connectivity index (χ3n) is 11.4. The van der Waals surface area contributed by atoms with E-state index >= 15 is 0 Å². The molecule has 0 unspecified atom stereocenters. The van der Waals surface area contributed by atoms with Crippen LogP contribution in [-0.2, 0) is 0 Å². The SMILES string of the molecule is c1ccc2c(c1)-c1cccc3cc(-n4c5ccccc5c5cc(-c6ccc7c(c6)c6ccccc6n7-c6cccc7ccccc67)ccc54)cc-2c13. The summed E-state index contributed by atoms with van der Waals surface area (Å²) in [6.07, 6.45) is 0. The van der Waals surface area contributed by atoms with E-state index in [2.05, 4.69) is 191 Å². The van der Waals surface area contributed by atoms with Crippen molar-refractivity contribution >= 4 is 65.2 Å². The molecule has 0 amide bonds. The van der Waals surface area contributed by atoms with E-state index in [1.165, 1.54) is 110 Å². The van der Waals surface area contributed by atoms with Gasteiger partial charge in [0.25, 0.3) is 0 Å². The van der Waals surface area contributed by atoms with Crippen molar-refractivity contribution in [3.05, 3.63) is 182 Å². The number of hydrogen-bond acceptors (Lipinski definition) is 0. The second-order valence-corrected chi connectivity index (χ2v) is 14.1. The zero-order valence-electron chi connectivity index (χ0n) is 28.2. The van der Waals surface area contributed by atoms with Gasteiger partial charge in [0.1, 0.15) is 0 Å². The zero-order chi connectivity index (χ0) is 33.9. The molecule has 9 aromatic carbocycles. The van der Waals surface area contributed by atoms with E-state index in [0.717, 1.165) is 0 Å². The highest BCUT2D eigenvalue weighted by Crippen LogP contribution is 2.48. The summed E-state index contributed by atoms with van der Waals surface area (Å²) in [5.74, 6) is 0. The molecular formula is C50H30N2. The van der Waals surface area contributed by atoms with Crippen molar-refractivity contribution in [2.24, 2.45) is 0 Å². The Balaban J connectivity index is 1.06. The third kappa shape index (κ3) is 3.73. The number of hydrogen-bond donors (Lipinski definition) is 0. The highest BCUT2D eigenvalue weighted by atomic mass is 15.0. The van der Waals surface area contributed by atoms with Crippen molar-refractivity contribution in [3.63, 3.8) is 0 Å². The predicted molar refractivity (Wildman–Crippen MR) is 220 cm³/mol. The Kier molecular flexibility index (Phi) is 5.53. The zero-order valence-corrected chi connectivity index (χ0v) is 28.2. The first-order chi connectivity index (χ1) is 25.8. The van der Waals surface area contributed by atoms with Gasteiger partial charge in [0.15, 0.2) is 0 Å². The lowest BCUT2D eigenvalue weighted by Gasteiger charge is -2.12. The van der Waals surface area contributed by atoms with Gasteiger partial charge < -0.3 is 9.13 Å². The van der Waals surface area contributed by atoms with Crippen LogP contribution in [0.5, 0.6) is 0 Å². The molecule has 0 fully saturated rings. The molecule has 11 aromatic rings. The summed E-state index contributed by atoms with van der Waals surface area (Å²) in [4.78, 5) is 0. The molecule has 1 aliphatic rings. The topological polar surface area (TPSA) is 9.86 Å². The fraction of sp³-hybridized carbons (Fsp3) is 0. The molecule has 0 aliphatic heterocycles. The molecule has 1 aliphatic carbocycles. The van der Waals surface area contributed by atoms with Gasteiger partial charge >= 0.3 is 0 Å². The van der Waals surface area contributed by atoms with Crippen LogP contribution in [-0.4, -0.2) is 9.13 Å². The van der Waals surface area contributed by atoms with E-state index in [4.69, 9.17) is 0 Å². The fourth-order valence-corrected chi connectivity index (χ4v) is 9.18. The van der Waals surface area contributed by atoms with Crippen LogP contribution >= 0.6 is 0 Å². The summed E-state index contributed by atoms with van der Waals surface area (Å²) in [5.41, 5.74) is 15.0. The Bertz CT molecular complexity index is 3290. The number of rotatable bonds is 3. The van der Waals surface area contributed by atoms with Gasteiger partial charge in [-0.05, 0) is 104 Å². The molecule has 12 rings (SSSR count). The van der Waals surface area contributed by atoms with Gasteiger partial charge in [-0.15, -0.1) is 0 Å². The van der Waals surface area contributed by atoms with Gasteiger partial charge in [0, 0.05) is 32.6 Å². The first kappa shape index (κ1) is 27.9. The molecule has 0 spiro atoms. The molecule has 2 nitrogen and oxygen atoms in total. The van der Waals surface area contributed by atoms with Crippen LogP contribution in [0.25, 0.3) is 110 Å². The molecule has 0 atom stereocenters. The van der Waals surface area contributed by atoms with Gasteiger partial charge in [-0.25, -0.2) is 0 Å². The molecule has 0 N–H and O–H groups in total.